The minimum atomic E-state index is -0.342. The third-order valence-corrected chi connectivity index (χ3v) is 4.71. The van der Waals surface area contributed by atoms with Crippen molar-refractivity contribution in [3.8, 4) is 0 Å². The van der Waals surface area contributed by atoms with Crippen molar-refractivity contribution in [2.75, 3.05) is 7.05 Å². The molecule has 116 valence electrons. The van der Waals surface area contributed by atoms with Gasteiger partial charge in [0.05, 0.1) is 0 Å². The van der Waals surface area contributed by atoms with Crippen molar-refractivity contribution >= 4 is 5.84 Å². The van der Waals surface area contributed by atoms with Crippen molar-refractivity contribution in [3.05, 3.63) is 35.1 Å². The van der Waals surface area contributed by atoms with Crippen LogP contribution in [0.25, 0.3) is 0 Å². The predicted molar refractivity (Wildman–Crippen MR) is 84.9 cm³/mol. The number of nitrogens with zero attached hydrogens (tertiary/aromatic N) is 1. The first-order chi connectivity index (χ1) is 9.78. The van der Waals surface area contributed by atoms with Gasteiger partial charge in [-0.15, -0.1) is 0 Å². The van der Waals surface area contributed by atoms with Gasteiger partial charge in [-0.3, -0.25) is 10.3 Å². The number of rotatable bonds is 4. The van der Waals surface area contributed by atoms with Crippen LogP contribution in [-0.4, -0.2) is 23.8 Å². The first kappa shape index (κ1) is 16.0. The lowest BCUT2D eigenvalue weighted by atomic mass is 9.75. The summed E-state index contributed by atoms with van der Waals surface area (Å²) in [6.45, 7) is 5.37. The smallest absolute Gasteiger partial charge is 0.123 e. The monoisotopic (exact) mass is 291 g/mol. The molecule has 3 N–H and O–H groups in total. The number of nitrogen functional groups attached to an aromatic ring is 1. The summed E-state index contributed by atoms with van der Waals surface area (Å²) in [7, 11) is 2.11. The van der Waals surface area contributed by atoms with Crippen LogP contribution < -0.4 is 5.73 Å². The summed E-state index contributed by atoms with van der Waals surface area (Å²) < 4.78 is 13.3. The zero-order valence-electron chi connectivity index (χ0n) is 13.2. The molecule has 1 aliphatic rings. The highest BCUT2D eigenvalue weighted by Crippen LogP contribution is 2.36. The fraction of sp³-hybridized carbons (Fsp3) is 0.588. The van der Waals surface area contributed by atoms with E-state index in [1.165, 1.54) is 37.8 Å². The van der Waals surface area contributed by atoms with Crippen LogP contribution in [0.3, 0.4) is 0 Å². The lowest BCUT2D eigenvalue weighted by Gasteiger charge is -2.38. The molecule has 0 atom stereocenters. The third kappa shape index (κ3) is 4.03. The van der Waals surface area contributed by atoms with Crippen LogP contribution in [0, 0.1) is 16.6 Å². The average molecular weight is 291 g/mol. The summed E-state index contributed by atoms with van der Waals surface area (Å²) in [6, 6.07) is 5.10. The first-order valence-electron chi connectivity index (χ1n) is 7.61. The summed E-state index contributed by atoms with van der Waals surface area (Å²) in [5, 5.41) is 7.61. The molecule has 0 aromatic heterocycles. The molecule has 0 saturated heterocycles. The fourth-order valence-electron chi connectivity index (χ4n) is 3.16. The SMILES string of the molecule is CN(Cc1ccc(F)cc1C(=N)N)C1CCC(C)(C)CC1. The minimum absolute atomic E-state index is 0.0670. The second-order valence-corrected chi connectivity index (χ2v) is 7.03. The minimum Gasteiger partial charge on any atom is -0.384 e. The van der Waals surface area contributed by atoms with Gasteiger partial charge in [-0.25, -0.2) is 4.39 Å². The molecule has 2 rings (SSSR count). The van der Waals surface area contributed by atoms with Gasteiger partial charge in [-0.05, 0) is 55.8 Å². The number of benzene rings is 1. The van der Waals surface area contributed by atoms with E-state index in [9.17, 15) is 4.39 Å². The maximum Gasteiger partial charge on any atom is 0.123 e. The van der Waals surface area contributed by atoms with Crippen molar-refractivity contribution in [2.24, 2.45) is 11.1 Å². The Balaban J connectivity index is 2.06. The zero-order valence-corrected chi connectivity index (χ0v) is 13.2. The van der Waals surface area contributed by atoms with Crippen LogP contribution in [0.4, 0.5) is 4.39 Å². The van der Waals surface area contributed by atoms with Crippen molar-refractivity contribution < 1.29 is 4.39 Å². The second-order valence-electron chi connectivity index (χ2n) is 7.03. The van der Waals surface area contributed by atoms with E-state index in [0.29, 0.717) is 23.6 Å². The summed E-state index contributed by atoms with van der Waals surface area (Å²) in [5.74, 6) is -0.409. The molecule has 1 aromatic carbocycles. The van der Waals surface area contributed by atoms with E-state index >= 15 is 0 Å². The highest BCUT2D eigenvalue weighted by molar-refractivity contribution is 5.96. The summed E-state index contributed by atoms with van der Waals surface area (Å²) in [6.07, 6.45) is 4.87. The molecule has 1 aliphatic carbocycles. The first-order valence-corrected chi connectivity index (χ1v) is 7.61. The lowest BCUT2D eigenvalue weighted by molar-refractivity contribution is 0.123. The van der Waals surface area contributed by atoms with E-state index in [2.05, 4.69) is 25.8 Å². The van der Waals surface area contributed by atoms with Gasteiger partial charge in [0.1, 0.15) is 11.7 Å². The van der Waals surface area contributed by atoms with Crippen LogP contribution in [0.15, 0.2) is 18.2 Å². The van der Waals surface area contributed by atoms with Crippen LogP contribution in [0.1, 0.15) is 50.7 Å². The Morgan fingerprint density at radius 1 is 1.38 bits per heavy atom. The molecule has 21 heavy (non-hydrogen) atoms. The van der Waals surface area contributed by atoms with Crippen LogP contribution >= 0.6 is 0 Å². The van der Waals surface area contributed by atoms with Gasteiger partial charge in [0.15, 0.2) is 0 Å². The maximum atomic E-state index is 13.3. The van der Waals surface area contributed by atoms with Crippen LogP contribution in [-0.2, 0) is 6.54 Å². The van der Waals surface area contributed by atoms with Crippen molar-refractivity contribution in [3.63, 3.8) is 0 Å². The van der Waals surface area contributed by atoms with E-state index < -0.39 is 0 Å². The zero-order chi connectivity index (χ0) is 15.6. The number of hydrogen-bond acceptors (Lipinski definition) is 2. The van der Waals surface area contributed by atoms with E-state index in [1.807, 2.05) is 0 Å². The molecule has 0 heterocycles. The maximum absolute atomic E-state index is 13.3. The van der Waals surface area contributed by atoms with Crippen LogP contribution in [0.5, 0.6) is 0 Å². The van der Waals surface area contributed by atoms with E-state index in [0.717, 1.165) is 5.56 Å². The van der Waals surface area contributed by atoms with Crippen molar-refractivity contribution in [1.82, 2.24) is 4.90 Å². The topological polar surface area (TPSA) is 53.1 Å². The molecule has 0 radical (unpaired) electrons. The molecule has 4 heteroatoms. The summed E-state index contributed by atoms with van der Waals surface area (Å²) >= 11 is 0. The average Bonchev–Trinajstić information content (AvgIpc) is 2.40. The standard InChI is InChI=1S/C17H26FN3/c1-17(2)8-6-14(7-9-17)21(3)11-12-4-5-13(18)10-15(12)16(19)20/h4-5,10,14H,6-9,11H2,1-3H3,(H3,19,20). The Bertz CT molecular complexity index is 515. The second kappa shape index (κ2) is 6.14. The third-order valence-electron chi connectivity index (χ3n) is 4.71. The molecule has 1 saturated carbocycles. The van der Waals surface area contributed by atoms with Gasteiger partial charge in [0.2, 0.25) is 0 Å². The lowest BCUT2D eigenvalue weighted by Crippen LogP contribution is -2.37. The van der Waals surface area contributed by atoms with Gasteiger partial charge in [-0.1, -0.05) is 19.9 Å². The van der Waals surface area contributed by atoms with Gasteiger partial charge in [0.25, 0.3) is 0 Å². The molecule has 1 aromatic rings. The molecule has 3 nitrogen and oxygen atoms in total. The highest BCUT2D eigenvalue weighted by atomic mass is 19.1. The molecule has 0 amide bonds. The Morgan fingerprint density at radius 2 is 2.00 bits per heavy atom. The van der Waals surface area contributed by atoms with E-state index in [1.54, 1.807) is 6.07 Å². The summed E-state index contributed by atoms with van der Waals surface area (Å²) in [4.78, 5) is 2.31. The Labute approximate surface area is 126 Å². The Kier molecular flexibility index (Phi) is 4.67. The Morgan fingerprint density at radius 3 is 2.57 bits per heavy atom. The quantitative estimate of drug-likeness (QED) is 0.659. The summed E-state index contributed by atoms with van der Waals surface area (Å²) in [5.41, 5.74) is 7.47. The van der Waals surface area contributed by atoms with Crippen molar-refractivity contribution in [2.45, 2.75) is 52.1 Å². The molecule has 0 spiro atoms. The van der Waals surface area contributed by atoms with E-state index in [-0.39, 0.29) is 11.7 Å². The normalized spacial score (nSPS) is 18.9. The number of hydrogen-bond donors (Lipinski definition) is 2. The van der Waals surface area contributed by atoms with E-state index in [4.69, 9.17) is 11.1 Å². The van der Waals surface area contributed by atoms with Gasteiger partial charge < -0.3 is 5.73 Å². The number of halogens is 1. The highest BCUT2D eigenvalue weighted by Gasteiger charge is 2.29. The molecule has 1 fully saturated rings. The van der Waals surface area contributed by atoms with Gasteiger partial charge in [0, 0.05) is 18.2 Å². The van der Waals surface area contributed by atoms with Gasteiger partial charge in [-0.2, -0.15) is 0 Å². The molecule has 0 bridgehead atoms. The van der Waals surface area contributed by atoms with Gasteiger partial charge >= 0.3 is 0 Å². The predicted octanol–water partition coefficient (Wildman–Crippen LogP) is 3.51. The molecule has 0 unspecified atom stereocenters. The molecular formula is C17H26FN3. The fourth-order valence-corrected chi connectivity index (χ4v) is 3.16. The molecular weight excluding hydrogens is 265 g/mol. The number of nitrogens with one attached hydrogen (secondary N) is 1. The van der Waals surface area contributed by atoms with Crippen LogP contribution in [0.2, 0.25) is 0 Å². The Hall–Kier alpha value is -1.42. The van der Waals surface area contributed by atoms with Crippen molar-refractivity contribution in [1.29, 1.82) is 5.41 Å². The number of nitrogens with two attached hydrogens (primary N) is 1. The molecule has 0 aliphatic heterocycles. The number of amidine groups is 1. The largest absolute Gasteiger partial charge is 0.384 e.